The fourth-order valence-corrected chi connectivity index (χ4v) is 4.82. The number of para-hydroxylation sites is 2. The van der Waals surface area contributed by atoms with Gasteiger partial charge in [0.1, 0.15) is 5.75 Å². The van der Waals surface area contributed by atoms with Crippen LogP contribution in [0.5, 0.6) is 5.75 Å². The third kappa shape index (κ3) is 5.29. The topological polar surface area (TPSA) is 75.7 Å². The summed E-state index contributed by atoms with van der Waals surface area (Å²) >= 11 is 0. The van der Waals surface area contributed by atoms with Crippen molar-refractivity contribution in [1.29, 1.82) is 0 Å². The van der Waals surface area contributed by atoms with Crippen LogP contribution < -0.4 is 14.4 Å². The van der Waals surface area contributed by atoms with Crippen LogP contribution >= 0.6 is 0 Å². The van der Waals surface area contributed by atoms with Crippen molar-refractivity contribution in [2.75, 3.05) is 24.2 Å². The third-order valence-corrected chi connectivity index (χ3v) is 6.40. The van der Waals surface area contributed by atoms with E-state index in [-0.39, 0.29) is 24.9 Å². The minimum Gasteiger partial charge on any atom is -0.495 e. The van der Waals surface area contributed by atoms with E-state index < -0.39 is 10.0 Å². The zero-order valence-corrected chi connectivity index (χ0v) is 17.7. The normalized spacial score (nSPS) is 16.0. The number of hydrogen-bond acceptors (Lipinski definition) is 4. The van der Waals surface area contributed by atoms with E-state index in [2.05, 4.69) is 17.4 Å². The van der Waals surface area contributed by atoms with Crippen molar-refractivity contribution in [3.05, 3.63) is 59.7 Å². The summed E-state index contributed by atoms with van der Waals surface area (Å²) in [5.74, 6) is 0.432. The van der Waals surface area contributed by atoms with Crippen molar-refractivity contribution < 1.29 is 17.9 Å². The smallest absolute Gasteiger partial charge is 0.232 e. The maximum atomic E-state index is 12.5. The lowest BCUT2D eigenvalue weighted by Crippen LogP contribution is -2.34. The molecule has 6 nitrogen and oxygen atoms in total. The first-order valence-corrected chi connectivity index (χ1v) is 11.7. The number of amides is 1. The first-order valence-electron chi connectivity index (χ1n) is 9.88. The van der Waals surface area contributed by atoms with Crippen LogP contribution in [0.2, 0.25) is 0 Å². The zero-order valence-electron chi connectivity index (χ0n) is 16.9. The average Bonchev–Trinajstić information content (AvgIpc) is 2.70. The molecule has 29 heavy (non-hydrogen) atoms. The van der Waals surface area contributed by atoms with Crippen molar-refractivity contribution in [3.8, 4) is 5.75 Å². The first-order chi connectivity index (χ1) is 13.9. The lowest BCUT2D eigenvalue weighted by molar-refractivity contribution is -0.122. The number of rotatable bonds is 8. The molecular weight excluding hydrogens is 388 g/mol. The number of aryl methyl sites for hydroxylation is 1. The summed E-state index contributed by atoms with van der Waals surface area (Å²) in [5.41, 5.74) is 2.97. The van der Waals surface area contributed by atoms with Gasteiger partial charge in [-0.15, -0.1) is 0 Å². The lowest BCUT2D eigenvalue weighted by Gasteiger charge is -2.27. The third-order valence-electron chi connectivity index (χ3n) is 5.22. The number of methoxy groups -OCH3 is 1. The molecule has 1 unspecified atom stereocenters. The number of ether oxygens (including phenoxy) is 1. The van der Waals surface area contributed by atoms with Crippen LogP contribution in [0, 0.1) is 0 Å². The molecule has 156 valence electrons. The number of sulfonamides is 1. The van der Waals surface area contributed by atoms with Gasteiger partial charge < -0.3 is 10.1 Å². The molecule has 1 aliphatic rings. The number of carbonyl (C=O) groups is 1. The molecule has 1 aliphatic carbocycles. The zero-order chi connectivity index (χ0) is 20.9. The first kappa shape index (κ1) is 21.2. The summed E-state index contributed by atoms with van der Waals surface area (Å²) in [5, 5.41) is 3.12. The van der Waals surface area contributed by atoms with Gasteiger partial charge in [0.2, 0.25) is 15.9 Å². The van der Waals surface area contributed by atoms with Crippen LogP contribution in [0.15, 0.2) is 48.5 Å². The molecule has 0 spiro atoms. The molecule has 2 aromatic rings. The quantitative estimate of drug-likeness (QED) is 0.715. The Morgan fingerprint density at radius 3 is 2.66 bits per heavy atom. The monoisotopic (exact) mass is 416 g/mol. The number of benzene rings is 2. The Balaban J connectivity index is 1.61. The van der Waals surface area contributed by atoms with Crippen LogP contribution in [0.25, 0.3) is 0 Å². The Labute approximate surface area is 172 Å². The molecule has 0 aliphatic heterocycles. The highest BCUT2D eigenvalue weighted by molar-refractivity contribution is 7.92. The van der Waals surface area contributed by atoms with Crippen molar-refractivity contribution in [3.63, 3.8) is 0 Å². The van der Waals surface area contributed by atoms with E-state index in [0.717, 1.165) is 19.3 Å². The van der Waals surface area contributed by atoms with E-state index >= 15 is 0 Å². The molecule has 0 aromatic heterocycles. The molecule has 2 aromatic carbocycles. The Hall–Kier alpha value is -2.54. The lowest BCUT2D eigenvalue weighted by atomic mass is 9.87. The molecule has 3 rings (SSSR count). The Morgan fingerprint density at radius 1 is 1.17 bits per heavy atom. The van der Waals surface area contributed by atoms with Crippen molar-refractivity contribution in [2.45, 2.75) is 38.1 Å². The molecular formula is C22H28N2O4S. The second kappa shape index (κ2) is 9.31. The summed E-state index contributed by atoms with van der Waals surface area (Å²) in [6.07, 6.45) is 4.88. The van der Waals surface area contributed by atoms with Gasteiger partial charge in [-0.3, -0.25) is 9.10 Å². The maximum Gasteiger partial charge on any atom is 0.232 e. The number of anilines is 1. The Kier molecular flexibility index (Phi) is 6.79. The summed E-state index contributed by atoms with van der Waals surface area (Å²) in [7, 11) is -1.99. The highest BCUT2D eigenvalue weighted by atomic mass is 32.2. The van der Waals surface area contributed by atoms with Gasteiger partial charge in [-0.25, -0.2) is 8.42 Å². The van der Waals surface area contributed by atoms with E-state index in [0.29, 0.717) is 17.9 Å². The molecule has 0 saturated heterocycles. The molecule has 0 radical (unpaired) electrons. The predicted octanol–water partition coefficient (Wildman–Crippen LogP) is 3.44. The van der Waals surface area contributed by atoms with E-state index in [1.165, 1.54) is 28.8 Å². The standard InChI is InChI=1S/C22H28N2O4S/c1-28-21-14-6-5-13-20(21)24(29(2,26)27)16-8-15-22(25)23-19-12-7-10-17-9-3-4-11-18(17)19/h3-6,9,11,13-14,19H,7-8,10,12,15-16H2,1-2H3,(H,23,25). The van der Waals surface area contributed by atoms with Crippen LogP contribution in [0.3, 0.4) is 0 Å². The summed E-state index contributed by atoms with van der Waals surface area (Å²) in [6, 6.07) is 15.2. The van der Waals surface area contributed by atoms with Crippen molar-refractivity contribution >= 4 is 21.6 Å². The van der Waals surface area contributed by atoms with Crippen LogP contribution in [-0.2, 0) is 21.2 Å². The molecule has 7 heteroatoms. The maximum absolute atomic E-state index is 12.5. The van der Waals surface area contributed by atoms with E-state index in [1.54, 1.807) is 24.3 Å². The molecule has 0 bridgehead atoms. The highest BCUT2D eigenvalue weighted by Crippen LogP contribution is 2.31. The summed E-state index contributed by atoms with van der Waals surface area (Å²) < 4.78 is 31.2. The summed E-state index contributed by atoms with van der Waals surface area (Å²) in [6.45, 7) is 0.216. The second-order valence-corrected chi connectivity index (χ2v) is 9.23. The van der Waals surface area contributed by atoms with E-state index in [9.17, 15) is 13.2 Å². The van der Waals surface area contributed by atoms with Crippen molar-refractivity contribution in [2.24, 2.45) is 0 Å². The Bertz CT molecular complexity index is 959. The highest BCUT2D eigenvalue weighted by Gasteiger charge is 2.23. The van der Waals surface area contributed by atoms with Crippen LogP contribution in [0.1, 0.15) is 42.9 Å². The number of nitrogens with zero attached hydrogens (tertiary/aromatic N) is 1. The van der Waals surface area contributed by atoms with Gasteiger partial charge in [-0.05, 0) is 48.9 Å². The van der Waals surface area contributed by atoms with Crippen LogP contribution in [-0.4, -0.2) is 34.2 Å². The van der Waals surface area contributed by atoms with Gasteiger partial charge in [-0.2, -0.15) is 0 Å². The minimum absolute atomic E-state index is 0.0349. The molecule has 0 saturated carbocycles. The van der Waals surface area contributed by atoms with E-state index in [4.69, 9.17) is 4.74 Å². The van der Waals surface area contributed by atoms with E-state index in [1.807, 2.05) is 12.1 Å². The molecule has 1 N–H and O–H groups in total. The number of fused-ring (bicyclic) bond motifs is 1. The van der Waals surface area contributed by atoms with Gasteiger partial charge in [0, 0.05) is 13.0 Å². The fourth-order valence-electron chi connectivity index (χ4n) is 3.85. The SMILES string of the molecule is COc1ccccc1N(CCCC(=O)NC1CCCc2ccccc21)S(C)(=O)=O. The minimum atomic E-state index is -3.49. The number of hydrogen-bond donors (Lipinski definition) is 1. The van der Waals surface area contributed by atoms with Crippen molar-refractivity contribution in [1.82, 2.24) is 5.32 Å². The predicted molar refractivity (Wildman–Crippen MR) is 115 cm³/mol. The summed E-state index contributed by atoms with van der Waals surface area (Å²) in [4.78, 5) is 12.5. The molecule has 0 heterocycles. The fraction of sp³-hybridized carbons (Fsp3) is 0.409. The molecule has 0 fully saturated rings. The second-order valence-electron chi connectivity index (χ2n) is 7.32. The molecule has 1 amide bonds. The van der Waals surface area contributed by atoms with Gasteiger partial charge in [0.15, 0.2) is 0 Å². The average molecular weight is 417 g/mol. The Morgan fingerprint density at radius 2 is 1.90 bits per heavy atom. The van der Waals surface area contributed by atoms with Gasteiger partial charge >= 0.3 is 0 Å². The number of nitrogens with one attached hydrogen (secondary N) is 1. The molecule has 1 atom stereocenters. The van der Waals surface area contributed by atoms with Crippen LogP contribution in [0.4, 0.5) is 5.69 Å². The largest absolute Gasteiger partial charge is 0.495 e. The van der Waals surface area contributed by atoms with Gasteiger partial charge in [0.25, 0.3) is 0 Å². The number of carbonyl (C=O) groups excluding carboxylic acids is 1. The van der Waals surface area contributed by atoms with Gasteiger partial charge in [0.05, 0.1) is 25.1 Å². The van der Waals surface area contributed by atoms with Gasteiger partial charge in [-0.1, -0.05) is 36.4 Å².